The lowest BCUT2D eigenvalue weighted by Crippen LogP contribution is -2.56. The van der Waals surface area contributed by atoms with Gasteiger partial charge in [0.1, 0.15) is 12.5 Å². The van der Waals surface area contributed by atoms with Crippen LogP contribution in [0.4, 0.5) is 0 Å². The van der Waals surface area contributed by atoms with Gasteiger partial charge in [0, 0.05) is 12.6 Å². The number of morpholine rings is 1. The molecule has 1 saturated heterocycles. The molecule has 7 nitrogen and oxygen atoms in total. The van der Waals surface area contributed by atoms with E-state index in [0.29, 0.717) is 13.2 Å². The first-order chi connectivity index (χ1) is 9.93. The summed E-state index contributed by atoms with van der Waals surface area (Å²) in [7, 11) is 0. The molecule has 0 spiro atoms. The number of nitrogens with zero attached hydrogens (tertiary/aromatic N) is 1. The maximum atomic E-state index is 12.1. The van der Waals surface area contributed by atoms with E-state index in [-0.39, 0.29) is 43.9 Å². The number of esters is 1. The third-order valence-corrected chi connectivity index (χ3v) is 3.00. The SMILES string of the molecule is CCOC(=O)CC(=O)CN1CCOCC1C(=O)NC(C)C. The average molecular weight is 300 g/mol. The van der Waals surface area contributed by atoms with Crippen LogP contribution in [0, 0.1) is 0 Å². The van der Waals surface area contributed by atoms with Gasteiger partial charge < -0.3 is 14.8 Å². The normalized spacial score (nSPS) is 19.3. The van der Waals surface area contributed by atoms with Crippen molar-refractivity contribution in [1.29, 1.82) is 0 Å². The van der Waals surface area contributed by atoms with E-state index in [1.807, 2.05) is 13.8 Å². The molecule has 1 heterocycles. The summed E-state index contributed by atoms with van der Waals surface area (Å²) in [5, 5.41) is 2.81. The Balaban J connectivity index is 2.54. The van der Waals surface area contributed by atoms with Gasteiger partial charge in [0.15, 0.2) is 5.78 Å². The molecule has 1 amide bonds. The number of hydrogen-bond donors (Lipinski definition) is 1. The molecule has 7 heteroatoms. The summed E-state index contributed by atoms with van der Waals surface area (Å²) in [6, 6.07) is -0.469. The molecule has 0 radical (unpaired) electrons. The third kappa shape index (κ3) is 6.22. The molecule has 1 unspecified atom stereocenters. The van der Waals surface area contributed by atoms with Crippen LogP contribution in [-0.4, -0.2) is 67.6 Å². The molecule has 21 heavy (non-hydrogen) atoms. The topological polar surface area (TPSA) is 84.9 Å². The van der Waals surface area contributed by atoms with Gasteiger partial charge in [-0.15, -0.1) is 0 Å². The number of Topliss-reactive ketones (excluding diaryl/α,β-unsaturated/α-hetero) is 1. The second kappa shape index (κ2) is 8.74. The molecule has 1 fully saturated rings. The molecular formula is C14H24N2O5. The van der Waals surface area contributed by atoms with Gasteiger partial charge >= 0.3 is 5.97 Å². The Hall–Kier alpha value is -1.47. The zero-order chi connectivity index (χ0) is 15.8. The number of carbonyl (C=O) groups excluding carboxylic acids is 3. The van der Waals surface area contributed by atoms with E-state index in [2.05, 4.69) is 5.32 Å². The Bertz CT molecular complexity index is 384. The van der Waals surface area contributed by atoms with E-state index >= 15 is 0 Å². The number of ether oxygens (including phenoxy) is 2. The highest BCUT2D eigenvalue weighted by Crippen LogP contribution is 2.08. The van der Waals surface area contributed by atoms with Crippen LogP contribution in [0.3, 0.4) is 0 Å². The number of ketones is 1. The van der Waals surface area contributed by atoms with Crippen molar-refractivity contribution in [3.05, 3.63) is 0 Å². The molecule has 1 N–H and O–H groups in total. The zero-order valence-corrected chi connectivity index (χ0v) is 12.9. The Morgan fingerprint density at radius 3 is 2.71 bits per heavy atom. The van der Waals surface area contributed by atoms with Crippen molar-refractivity contribution in [2.24, 2.45) is 0 Å². The van der Waals surface area contributed by atoms with Crippen LogP contribution in [0.2, 0.25) is 0 Å². The first-order valence-electron chi connectivity index (χ1n) is 7.23. The molecule has 120 valence electrons. The summed E-state index contributed by atoms with van der Waals surface area (Å²) in [5.41, 5.74) is 0. The molecule has 0 aliphatic carbocycles. The van der Waals surface area contributed by atoms with Crippen LogP contribution in [0.5, 0.6) is 0 Å². The first-order valence-corrected chi connectivity index (χ1v) is 7.23. The van der Waals surface area contributed by atoms with E-state index in [9.17, 15) is 14.4 Å². The molecule has 1 aliphatic heterocycles. The van der Waals surface area contributed by atoms with E-state index in [0.717, 1.165) is 0 Å². The largest absolute Gasteiger partial charge is 0.466 e. The summed E-state index contributed by atoms with van der Waals surface area (Å²) < 4.78 is 10.1. The van der Waals surface area contributed by atoms with Crippen molar-refractivity contribution < 1.29 is 23.9 Å². The summed E-state index contributed by atoms with van der Waals surface area (Å²) in [5.74, 6) is -0.940. The fraction of sp³-hybridized carbons (Fsp3) is 0.786. The highest BCUT2D eigenvalue weighted by atomic mass is 16.5. The minimum absolute atomic E-state index is 0.0245. The maximum Gasteiger partial charge on any atom is 0.313 e. The summed E-state index contributed by atoms with van der Waals surface area (Å²) >= 11 is 0. The number of carbonyl (C=O) groups is 3. The quantitative estimate of drug-likeness (QED) is 0.515. The predicted octanol–water partition coefficient (Wildman–Crippen LogP) is -0.266. The van der Waals surface area contributed by atoms with Crippen LogP contribution >= 0.6 is 0 Å². The van der Waals surface area contributed by atoms with Gasteiger partial charge in [-0.25, -0.2) is 0 Å². The standard InChI is InChI=1S/C14H24N2O5/c1-4-21-13(18)7-11(17)8-16-5-6-20-9-12(16)14(19)15-10(2)3/h10,12H,4-9H2,1-3H3,(H,15,19). The van der Waals surface area contributed by atoms with E-state index in [4.69, 9.17) is 9.47 Å². The molecule has 0 aromatic heterocycles. The van der Waals surface area contributed by atoms with E-state index in [1.54, 1.807) is 11.8 Å². The van der Waals surface area contributed by atoms with Crippen molar-refractivity contribution in [2.75, 3.05) is 32.9 Å². The van der Waals surface area contributed by atoms with Crippen LogP contribution in [0.25, 0.3) is 0 Å². The fourth-order valence-corrected chi connectivity index (χ4v) is 2.10. The predicted molar refractivity (Wildman–Crippen MR) is 75.7 cm³/mol. The monoisotopic (exact) mass is 300 g/mol. The fourth-order valence-electron chi connectivity index (χ4n) is 2.10. The van der Waals surface area contributed by atoms with Crippen molar-refractivity contribution in [1.82, 2.24) is 10.2 Å². The van der Waals surface area contributed by atoms with Gasteiger partial charge in [-0.1, -0.05) is 0 Å². The summed E-state index contributed by atoms with van der Waals surface area (Å²) in [6.45, 7) is 6.96. The molecule has 1 atom stereocenters. The van der Waals surface area contributed by atoms with Gasteiger partial charge in [0.2, 0.25) is 5.91 Å². The second-order valence-electron chi connectivity index (χ2n) is 5.24. The van der Waals surface area contributed by atoms with Crippen molar-refractivity contribution in [3.8, 4) is 0 Å². The Labute approximate surface area is 124 Å². The highest BCUT2D eigenvalue weighted by Gasteiger charge is 2.31. The van der Waals surface area contributed by atoms with Gasteiger partial charge in [-0.2, -0.15) is 0 Å². The molecule has 0 bridgehead atoms. The van der Waals surface area contributed by atoms with E-state index < -0.39 is 12.0 Å². The smallest absolute Gasteiger partial charge is 0.313 e. The number of rotatable bonds is 7. The molecule has 1 rings (SSSR count). The van der Waals surface area contributed by atoms with Crippen LogP contribution in [0.1, 0.15) is 27.2 Å². The van der Waals surface area contributed by atoms with Crippen LogP contribution in [-0.2, 0) is 23.9 Å². The molecule has 1 aliphatic rings. The Morgan fingerprint density at radius 2 is 2.10 bits per heavy atom. The Morgan fingerprint density at radius 1 is 1.38 bits per heavy atom. The number of nitrogens with one attached hydrogen (secondary N) is 1. The second-order valence-corrected chi connectivity index (χ2v) is 5.24. The minimum atomic E-state index is -0.529. The Kier molecular flexibility index (Phi) is 7.31. The molecule has 0 saturated carbocycles. The maximum absolute atomic E-state index is 12.1. The lowest BCUT2D eigenvalue weighted by atomic mass is 10.1. The van der Waals surface area contributed by atoms with Crippen LogP contribution in [0.15, 0.2) is 0 Å². The van der Waals surface area contributed by atoms with Crippen molar-refractivity contribution >= 4 is 17.7 Å². The molecule has 0 aromatic carbocycles. The average Bonchev–Trinajstić information content (AvgIpc) is 2.38. The zero-order valence-electron chi connectivity index (χ0n) is 12.9. The molecule has 0 aromatic rings. The highest BCUT2D eigenvalue weighted by molar-refractivity contribution is 5.97. The third-order valence-electron chi connectivity index (χ3n) is 3.00. The lowest BCUT2D eigenvalue weighted by Gasteiger charge is -2.34. The summed E-state index contributed by atoms with van der Waals surface area (Å²) in [6.07, 6.45) is -0.260. The van der Waals surface area contributed by atoms with Gasteiger partial charge in [-0.05, 0) is 20.8 Å². The first kappa shape index (κ1) is 17.6. The summed E-state index contributed by atoms with van der Waals surface area (Å²) in [4.78, 5) is 37.0. The number of hydrogen-bond acceptors (Lipinski definition) is 6. The van der Waals surface area contributed by atoms with Gasteiger partial charge in [-0.3, -0.25) is 19.3 Å². The van der Waals surface area contributed by atoms with Gasteiger partial charge in [0.05, 0.1) is 26.4 Å². The van der Waals surface area contributed by atoms with E-state index in [1.165, 1.54) is 0 Å². The van der Waals surface area contributed by atoms with Crippen molar-refractivity contribution in [2.45, 2.75) is 39.3 Å². The lowest BCUT2D eigenvalue weighted by molar-refractivity contribution is -0.146. The van der Waals surface area contributed by atoms with Crippen molar-refractivity contribution in [3.63, 3.8) is 0 Å². The van der Waals surface area contributed by atoms with Gasteiger partial charge in [0.25, 0.3) is 0 Å². The minimum Gasteiger partial charge on any atom is -0.466 e. The number of amides is 1. The van der Waals surface area contributed by atoms with Crippen LogP contribution < -0.4 is 5.32 Å². The molecular weight excluding hydrogens is 276 g/mol.